The second-order valence-electron chi connectivity index (χ2n) is 6.08. The lowest BCUT2D eigenvalue weighted by molar-refractivity contribution is -0.132. The maximum atomic E-state index is 12.3. The largest absolute Gasteiger partial charge is 0.340 e. The minimum atomic E-state index is -3.15. The van der Waals surface area contributed by atoms with E-state index in [0.29, 0.717) is 39.0 Å². The Kier molecular flexibility index (Phi) is 6.18. The maximum Gasteiger partial charge on any atom is 0.222 e. The average molecular weight is 338 g/mol. The highest BCUT2D eigenvalue weighted by atomic mass is 32.2. The van der Waals surface area contributed by atoms with Gasteiger partial charge in [-0.3, -0.25) is 4.79 Å². The zero-order valence-electron chi connectivity index (χ0n) is 14.0. The topological polar surface area (TPSA) is 57.7 Å². The van der Waals surface area contributed by atoms with Gasteiger partial charge in [-0.1, -0.05) is 36.8 Å². The number of carbonyl (C=O) groups is 1. The number of aryl methyl sites for hydroxylation is 2. The monoisotopic (exact) mass is 338 g/mol. The van der Waals surface area contributed by atoms with E-state index in [-0.39, 0.29) is 11.7 Å². The molecular weight excluding hydrogens is 312 g/mol. The molecule has 2 rings (SSSR count). The lowest BCUT2D eigenvalue weighted by Gasteiger charge is -2.34. The van der Waals surface area contributed by atoms with E-state index in [4.69, 9.17) is 0 Å². The average Bonchev–Trinajstić information content (AvgIpc) is 2.53. The van der Waals surface area contributed by atoms with Crippen molar-refractivity contribution >= 4 is 15.9 Å². The van der Waals surface area contributed by atoms with Gasteiger partial charge in [-0.15, -0.1) is 0 Å². The van der Waals surface area contributed by atoms with Gasteiger partial charge < -0.3 is 4.90 Å². The molecule has 0 atom stereocenters. The Labute approximate surface area is 139 Å². The van der Waals surface area contributed by atoms with Crippen LogP contribution in [0.15, 0.2) is 24.3 Å². The van der Waals surface area contributed by atoms with Gasteiger partial charge in [0.25, 0.3) is 0 Å². The summed E-state index contributed by atoms with van der Waals surface area (Å²) in [4.78, 5) is 14.1. The molecule has 1 aromatic rings. The maximum absolute atomic E-state index is 12.3. The van der Waals surface area contributed by atoms with Crippen molar-refractivity contribution in [3.63, 3.8) is 0 Å². The number of piperazine rings is 1. The summed E-state index contributed by atoms with van der Waals surface area (Å²) in [6, 6.07) is 8.19. The Morgan fingerprint density at radius 3 is 2.48 bits per heavy atom. The first kappa shape index (κ1) is 17.9. The van der Waals surface area contributed by atoms with Crippen molar-refractivity contribution in [2.75, 3.05) is 31.9 Å². The second-order valence-corrected chi connectivity index (χ2v) is 8.17. The van der Waals surface area contributed by atoms with E-state index in [1.807, 2.05) is 32.0 Å². The minimum absolute atomic E-state index is 0.110. The van der Waals surface area contributed by atoms with Crippen molar-refractivity contribution in [2.45, 2.75) is 33.1 Å². The summed E-state index contributed by atoms with van der Waals surface area (Å²) < 4.78 is 25.6. The summed E-state index contributed by atoms with van der Waals surface area (Å²) in [6.07, 6.45) is 1.83. The smallest absolute Gasteiger partial charge is 0.222 e. The van der Waals surface area contributed by atoms with Crippen LogP contribution in [0, 0.1) is 6.92 Å². The van der Waals surface area contributed by atoms with E-state index in [9.17, 15) is 13.2 Å². The van der Waals surface area contributed by atoms with Crippen molar-refractivity contribution in [1.29, 1.82) is 0 Å². The van der Waals surface area contributed by atoms with Gasteiger partial charge in [-0.25, -0.2) is 8.42 Å². The van der Waals surface area contributed by atoms with Crippen LogP contribution >= 0.6 is 0 Å². The van der Waals surface area contributed by atoms with Gasteiger partial charge in [0.15, 0.2) is 0 Å². The molecule has 1 aromatic carbocycles. The van der Waals surface area contributed by atoms with Crippen LogP contribution in [0.1, 0.15) is 30.9 Å². The number of benzene rings is 1. The van der Waals surface area contributed by atoms with E-state index < -0.39 is 10.0 Å². The fraction of sp³-hybridized carbons (Fsp3) is 0.588. The van der Waals surface area contributed by atoms with Crippen LogP contribution in [-0.2, 0) is 21.2 Å². The summed E-state index contributed by atoms with van der Waals surface area (Å²) in [5.74, 6) is 0.299. The molecule has 0 spiro atoms. The molecule has 23 heavy (non-hydrogen) atoms. The highest BCUT2D eigenvalue weighted by Crippen LogP contribution is 2.12. The van der Waals surface area contributed by atoms with Crippen LogP contribution < -0.4 is 0 Å². The molecule has 0 radical (unpaired) electrons. The molecule has 0 bridgehead atoms. The Morgan fingerprint density at radius 2 is 1.87 bits per heavy atom. The van der Waals surface area contributed by atoms with Crippen LogP contribution in [0.25, 0.3) is 0 Å². The third-order valence-corrected chi connectivity index (χ3v) is 6.23. The first-order valence-electron chi connectivity index (χ1n) is 8.23. The summed E-state index contributed by atoms with van der Waals surface area (Å²) >= 11 is 0. The first-order valence-corrected chi connectivity index (χ1v) is 9.84. The van der Waals surface area contributed by atoms with Crippen molar-refractivity contribution in [1.82, 2.24) is 9.21 Å². The molecule has 6 heteroatoms. The normalized spacial score (nSPS) is 16.5. The predicted molar refractivity (Wildman–Crippen MR) is 91.7 cm³/mol. The number of sulfonamides is 1. The molecular formula is C17H26N2O3S. The van der Waals surface area contributed by atoms with Gasteiger partial charge in [-0.05, 0) is 25.3 Å². The molecule has 0 saturated carbocycles. The van der Waals surface area contributed by atoms with Crippen molar-refractivity contribution < 1.29 is 13.2 Å². The quantitative estimate of drug-likeness (QED) is 0.795. The number of rotatable bonds is 6. The Balaban J connectivity index is 1.82. The molecule has 1 fully saturated rings. The highest BCUT2D eigenvalue weighted by molar-refractivity contribution is 7.89. The molecule has 1 saturated heterocycles. The van der Waals surface area contributed by atoms with Gasteiger partial charge in [0.05, 0.1) is 5.75 Å². The van der Waals surface area contributed by atoms with Gasteiger partial charge in [-0.2, -0.15) is 4.31 Å². The summed E-state index contributed by atoms with van der Waals surface area (Å²) in [6.45, 7) is 5.73. The third-order valence-electron chi connectivity index (χ3n) is 4.16. The van der Waals surface area contributed by atoms with Crippen LogP contribution in [0.2, 0.25) is 0 Å². The molecule has 0 aromatic heterocycles. The zero-order chi connectivity index (χ0) is 16.9. The van der Waals surface area contributed by atoms with Crippen molar-refractivity contribution in [3.8, 4) is 0 Å². The van der Waals surface area contributed by atoms with Crippen LogP contribution in [0.4, 0.5) is 0 Å². The van der Waals surface area contributed by atoms with Crippen LogP contribution in [0.5, 0.6) is 0 Å². The zero-order valence-corrected chi connectivity index (χ0v) is 14.8. The van der Waals surface area contributed by atoms with Crippen molar-refractivity contribution in [2.24, 2.45) is 0 Å². The number of hydrogen-bond acceptors (Lipinski definition) is 3. The molecule has 1 amide bonds. The van der Waals surface area contributed by atoms with Gasteiger partial charge in [0.2, 0.25) is 15.9 Å². The van der Waals surface area contributed by atoms with E-state index in [0.717, 1.165) is 6.42 Å². The molecule has 1 aliphatic heterocycles. The molecule has 0 aliphatic carbocycles. The van der Waals surface area contributed by atoms with E-state index in [2.05, 4.69) is 6.07 Å². The lowest BCUT2D eigenvalue weighted by atomic mass is 10.1. The van der Waals surface area contributed by atoms with E-state index in [1.54, 1.807) is 4.90 Å². The molecule has 5 nitrogen and oxygen atoms in total. The van der Waals surface area contributed by atoms with Crippen molar-refractivity contribution in [3.05, 3.63) is 35.4 Å². The Hall–Kier alpha value is -1.40. The lowest BCUT2D eigenvalue weighted by Crippen LogP contribution is -2.51. The number of amides is 1. The molecule has 1 aliphatic rings. The van der Waals surface area contributed by atoms with Gasteiger partial charge in [0.1, 0.15) is 0 Å². The fourth-order valence-electron chi connectivity index (χ4n) is 2.88. The summed E-state index contributed by atoms with van der Waals surface area (Å²) in [5, 5.41) is 0. The second kappa shape index (κ2) is 7.93. The molecule has 1 heterocycles. The SMILES string of the molecule is CCCS(=O)(=O)N1CCN(C(=O)CCc2cccc(C)c2)CC1. The van der Waals surface area contributed by atoms with Gasteiger partial charge in [0, 0.05) is 32.6 Å². The first-order chi connectivity index (χ1) is 10.9. The summed E-state index contributed by atoms with van der Waals surface area (Å²) in [5.41, 5.74) is 2.37. The molecule has 128 valence electrons. The highest BCUT2D eigenvalue weighted by Gasteiger charge is 2.27. The third kappa shape index (κ3) is 5.04. The summed E-state index contributed by atoms with van der Waals surface area (Å²) in [7, 11) is -3.15. The van der Waals surface area contributed by atoms with E-state index in [1.165, 1.54) is 15.4 Å². The minimum Gasteiger partial charge on any atom is -0.340 e. The predicted octanol–water partition coefficient (Wildman–Crippen LogP) is 1.81. The Morgan fingerprint density at radius 1 is 1.17 bits per heavy atom. The molecule has 0 N–H and O–H groups in total. The number of carbonyl (C=O) groups excluding carboxylic acids is 1. The standard InChI is InChI=1S/C17H26N2O3S/c1-3-13-23(21,22)19-11-9-18(10-12-19)17(20)8-7-16-6-4-5-15(2)14-16/h4-6,14H,3,7-13H2,1-2H3. The number of nitrogens with zero attached hydrogens (tertiary/aromatic N) is 2. The van der Waals surface area contributed by atoms with E-state index >= 15 is 0 Å². The Bertz CT molecular complexity index is 635. The fourth-order valence-corrected chi connectivity index (χ4v) is 4.37. The number of hydrogen-bond donors (Lipinski definition) is 0. The van der Waals surface area contributed by atoms with Gasteiger partial charge >= 0.3 is 0 Å². The van der Waals surface area contributed by atoms with Crippen LogP contribution in [0.3, 0.4) is 0 Å². The van der Waals surface area contributed by atoms with Crippen LogP contribution in [-0.4, -0.2) is 55.5 Å². The molecule has 0 unspecified atom stereocenters.